The van der Waals surface area contributed by atoms with Gasteiger partial charge in [0, 0.05) is 39.8 Å². The van der Waals surface area contributed by atoms with Crippen LogP contribution in [0.5, 0.6) is 0 Å². The Morgan fingerprint density at radius 2 is 1.44 bits per heavy atom. The molecule has 1 aliphatic heterocycles. The van der Waals surface area contributed by atoms with E-state index in [1.54, 1.807) is 0 Å². The third kappa shape index (κ3) is 4.90. The van der Waals surface area contributed by atoms with E-state index in [9.17, 15) is 10.5 Å². The molecule has 5 aromatic carbocycles. The molecule has 4 nitrogen and oxygen atoms in total. The second-order valence-electron chi connectivity index (χ2n) is 13.3. The van der Waals surface area contributed by atoms with E-state index in [4.69, 9.17) is 0 Å². The lowest BCUT2D eigenvalue weighted by Gasteiger charge is -2.35. The third-order valence-electron chi connectivity index (χ3n) is 10.8. The third-order valence-corrected chi connectivity index (χ3v) is 10.8. The van der Waals surface area contributed by atoms with Gasteiger partial charge in [-0.1, -0.05) is 97.6 Å². The molecule has 2 aliphatic rings. The number of hydrogen-bond donors (Lipinski definition) is 0. The molecule has 0 amide bonds. The number of nitriles is 2. The van der Waals surface area contributed by atoms with Crippen molar-refractivity contribution in [1.82, 2.24) is 4.57 Å². The molecule has 1 aromatic heterocycles. The molecule has 0 saturated carbocycles. The Morgan fingerprint density at radius 1 is 0.760 bits per heavy atom. The summed E-state index contributed by atoms with van der Waals surface area (Å²) >= 11 is 0. The van der Waals surface area contributed by atoms with Crippen molar-refractivity contribution in [1.29, 1.82) is 10.5 Å². The van der Waals surface area contributed by atoms with Gasteiger partial charge in [0.1, 0.15) is 6.07 Å². The van der Waals surface area contributed by atoms with Crippen molar-refractivity contribution in [3.05, 3.63) is 163 Å². The number of nitrogens with zero attached hydrogens (tertiary/aromatic N) is 4. The maximum Gasteiger partial charge on any atom is 0.101 e. The summed E-state index contributed by atoms with van der Waals surface area (Å²) in [6.45, 7) is 10.2. The lowest BCUT2D eigenvalue weighted by Crippen LogP contribution is -2.40. The number of fused-ring (bicyclic) bond motifs is 4. The van der Waals surface area contributed by atoms with Crippen LogP contribution in [0.1, 0.15) is 25.3 Å². The molecule has 50 heavy (non-hydrogen) atoms. The number of benzene rings is 5. The van der Waals surface area contributed by atoms with Crippen molar-refractivity contribution in [2.75, 3.05) is 4.90 Å². The van der Waals surface area contributed by atoms with Crippen molar-refractivity contribution >= 4 is 27.5 Å². The minimum Gasteiger partial charge on any atom is -0.359 e. The van der Waals surface area contributed by atoms with Gasteiger partial charge in [0.15, 0.2) is 0 Å². The average molecular weight is 645 g/mol. The minimum atomic E-state index is -0.0482. The van der Waals surface area contributed by atoms with Crippen LogP contribution in [0.15, 0.2) is 157 Å². The molecular weight excluding hydrogens is 609 g/mol. The SMILES string of the molecule is C=C=C(C)C1C(C=C)C2C=C(C#N)CCC2N1c1ccc(-c2cccc(-c3ccccc3-n3c4ccccc4c4ccccc43)c2)cc1C#N. The van der Waals surface area contributed by atoms with E-state index < -0.39 is 0 Å². The van der Waals surface area contributed by atoms with Crippen LogP contribution >= 0.6 is 0 Å². The molecule has 6 aromatic rings. The Kier molecular flexibility index (Phi) is 7.81. The standard InChI is InChI=1S/C46H36N4/c1-4-30(3)46-36(5-2)40-25-31(28-47)21-23-45(40)50(46)41-24-22-33(27-35(41)29-48)32-13-12-14-34(26-32)37-15-6-9-18-42(37)49-43-19-10-7-16-38(43)39-17-8-11-20-44(39)49/h5-20,22,24-27,36,40,45-46H,1-2,21,23H2,3H3. The number of rotatable bonds is 6. The molecule has 0 radical (unpaired) electrons. The van der Waals surface area contributed by atoms with E-state index in [2.05, 4.69) is 163 Å². The van der Waals surface area contributed by atoms with Crippen molar-refractivity contribution in [2.45, 2.75) is 31.8 Å². The first-order valence-electron chi connectivity index (χ1n) is 17.2. The Bertz CT molecular complexity index is 2440. The quantitative estimate of drug-likeness (QED) is 0.134. The van der Waals surface area contributed by atoms with Crippen LogP contribution < -0.4 is 4.90 Å². The molecule has 240 valence electrons. The largest absolute Gasteiger partial charge is 0.359 e. The predicted octanol–water partition coefficient (Wildman–Crippen LogP) is 10.9. The van der Waals surface area contributed by atoms with E-state index in [1.165, 1.54) is 21.8 Å². The van der Waals surface area contributed by atoms with Crippen LogP contribution in [0.25, 0.3) is 49.7 Å². The molecule has 0 spiro atoms. The molecule has 1 aliphatic carbocycles. The highest BCUT2D eigenvalue weighted by Gasteiger charge is 2.49. The summed E-state index contributed by atoms with van der Waals surface area (Å²) in [4.78, 5) is 2.38. The van der Waals surface area contributed by atoms with Gasteiger partial charge in [-0.25, -0.2) is 0 Å². The average Bonchev–Trinajstić information content (AvgIpc) is 3.69. The van der Waals surface area contributed by atoms with Crippen LogP contribution in [0, 0.1) is 34.5 Å². The van der Waals surface area contributed by atoms with E-state index in [-0.39, 0.29) is 23.9 Å². The lowest BCUT2D eigenvalue weighted by atomic mass is 9.79. The van der Waals surface area contributed by atoms with Crippen LogP contribution in [0.3, 0.4) is 0 Å². The van der Waals surface area contributed by atoms with Gasteiger partial charge in [-0.2, -0.15) is 10.5 Å². The van der Waals surface area contributed by atoms with Crippen molar-refractivity contribution in [2.24, 2.45) is 11.8 Å². The molecule has 4 heteroatoms. The lowest BCUT2D eigenvalue weighted by molar-refractivity contribution is 0.452. The summed E-state index contributed by atoms with van der Waals surface area (Å²) in [6.07, 6.45) is 5.70. The molecule has 4 unspecified atom stereocenters. The summed E-state index contributed by atoms with van der Waals surface area (Å²) in [5, 5.41) is 22.8. The Balaban J connectivity index is 1.22. The first-order chi connectivity index (χ1) is 24.6. The van der Waals surface area contributed by atoms with Gasteiger partial charge in [0.05, 0.1) is 40.1 Å². The summed E-state index contributed by atoms with van der Waals surface area (Å²) < 4.78 is 2.37. The van der Waals surface area contributed by atoms with E-state index in [0.717, 1.165) is 57.6 Å². The molecular formula is C46H36N4. The van der Waals surface area contributed by atoms with E-state index in [0.29, 0.717) is 5.56 Å². The molecule has 1 saturated heterocycles. The maximum atomic E-state index is 10.6. The van der Waals surface area contributed by atoms with Crippen molar-refractivity contribution in [3.63, 3.8) is 0 Å². The summed E-state index contributed by atoms with van der Waals surface area (Å²) in [5.74, 6) is 0.206. The topological polar surface area (TPSA) is 55.8 Å². The molecule has 1 fully saturated rings. The monoisotopic (exact) mass is 644 g/mol. The number of aromatic nitrogens is 1. The van der Waals surface area contributed by atoms with Crippen molar-refractivity contribution in [3.8, 4) is 40.1 Å². The second kappa shape index (κ2) is 12.6. The number of para-hydroxylation sites is 3. The summed E-state index contributed by atoms with van der Waals surface area (Å²) in [7, 11) is 0. The Labute approximate surface area is 293 Å². The van der Waals surface area contributed by atoms with Gasteiger partial charge in [0.2, 0.25) is 0 Å². The van der Waals surface area contributed by atoms with Gasteiger partial charge in [-0.05, 0) is 78.4 Å². The fourth-order valence-corrected chi connectivity index (χ4v) is 8.52. The maximum absolute atomic E-state index is 10.6. The molecule has 8 rings (SSSR count). The summed E-state index contributed by atoms with van der Waals surface area (Å²) in [6, 6.07) is 45.6. The van der Waals surface area contributed by atoms with Gasteiger partial charge < -0.3 is 9.47 Å². The first-order valence-corrected chi connectivity index (χ1v) is 17.2. The Morgan fingerprint density at radius 3 is 2.14 bits per heavy atom. The second-order valence-corrected chi connectivity index (χ2v) is 13.3. The highest BCUT2D eigenvalue weighted by Crippen LogP contribution is 2.48. The molecule has 4 atom stereocenters. The smallest absolute Gasteiger partial charge is 0.101 e. The van der Waals surface area contributed by atoms with Crippen LogP contribution in [-0.2, 0) is 0 Å². The van der Waals surface area contributed by atoms with E-state index >= 15 is 0 Å². The molecule has 0 N–H and O–H groups in total. The fraction of sp³-hybridized carbons (Fsp3) is 0.152. The van der Waals surface area contributed by atoms with E-state index in [1.807, 2.05) is 12.1 Å². The van der Waals surface area contributed by atoms with Crippen molar-refractivity contribution < 1.29 is 0 Å². The number of anilines is 1. The van der Waals surface area contributed by atoms with Gasteiger partial charge >= 0.3 is 0 Å². The van der Waals surface area contributed by atoms with Gasteiger partial charge in [0.25, 0.3) is 0 Å². The highest BCUT2D eigenvalue weighted by atomic mass is 15.2. The normalized spacial score (nSPS) is 19.7. The molecule has 0 bridgehead atoms. The van der Waals surface area contributed by atoms with Crippen LogP contribution in [-0.4, -0.2) is 16.7 Å². The first kappa shape index (κ1) is 31.0. The zero-order valence-corrected chi connectivity index (χ0v) is 28.1. The fourth-order valence-electron chi connectivity index (χ4n) is 8.52. The highest BCUT2D eigenvalue weighted by molar-refractivity contribution is 6.09. The van der Waals surface area contributed by atoms with Gasteiger partial charge in [-0.3, -0.25) is 0 Å². The number of hydrogen-bond acceptors (Lipinski definition) is 3. The van der Waals surface area contributed by atoms with Gasteiger partial charge in [-0.15, -0.1) is 12.3 Å². The summed E-state index contributed by atoms with van der Waals surface area (Å²) in [5.41, 5.74) is 14.2. The minimum absolute atomic E-state index is 0.0482. The zero-order chi connectivity index (χ0) is 34.4. The Hall–Kier alpha value is -6.32. The number of allylic oxidation sites excluding steroid dienone is 1. The molecule has 2 heterocycles. The zero-order valence-electron chi connectivity index (χ0n) is 28.1. The predicted molar refractivity (Wildman–Crippen MR) is 205 cm³/mol. The van der Waals surface area contributed by atoms with Crippen LogP contribution in [0.2, 0.25) is 0 Å². The van der Waals surface area contributed by atoms with Crippen LogP contribution in [0.4, 0.5) is 5.69 Å².